The van der Waals surface area contributed by atoms with E-state index in [0.717, 1.165) is 13.0 Å². The van der Waals surface area contributed by atoms with Crippen molar-refractivity contribution in [2.45, 2.75) is 83.8 Å². The average Bonchev–Trinajstić information content (AvgIpc) is 2.88. The molecule has 0 spiro atoms. The third-order valence-electron chi connectivity index (χ3n) is 4.52. The van der Waals surface area contributed by atoms with Crippen LogP contribution >= 0.6 is 0 Å². The Morgan fingerprint density at radius 2 is 1.84 bits per heavy atom. The van der Waals surface area contributed by atoms with E-state index in [1.54, 1.807) is 0 Å². The van der Waals surface area contributed by atoms with Crippen LogP contribution in [0.15, 0.2) is 0 Å². The van der Waals surface area contributed by atoms with Gasteiger partial charge in [-0.1, -0.05) is 26.7 Å². The van der Waals surface area contributed by atoms with Gasteiger partial charge in [0, 0.05) is 18.6 Å². The summed E-state index contributed by atoms with van der Waals surface area (Å²) in [5.74, 6) is 0.928. The lowest BCUT2D eigenvalue weighted by Crippen LogP contribution is -2.54. The fraction of sp³-hybridized carbons (Fsp3) is 0.938. The predicted octanol–water partition coefficient (Wildman–Crippen LogP) is 2.94. The molecule has 1 saturated carbocycles. The van der Waals surface area contributed by atoms with E-state index in [9.17, 15) is 4.79 Å². The molecule has 19 heavy (non-hydrogen) atoms. The van der Waals surface area contributed by atoms with Gasteiger partial charge in [-0.15, -0.1) is 0 Å². The largest absolute Gasteiger partial charge is 0.338 e. The van der Waals surface area contributed by atoms with Crippen LogP contribution in [-0.4, -0.2) is 35.5 Å². The fourth-order valence-electron chi connectivity index (χ4n) is 3.56. The molecule has 2 fully saturated rings. The molecular weight excluding hydrogens is 236 g/mol. The van der Waals surface area contributed by atoms with E-state index >= 15 is 0 Å². The van der Waals surface area contributed by atoms with E-state index in [2.05, 4.69) is 31.0 Å². The first kappa shape index (κ1) is 14.8. The summed E-state index contributed by atoms with van der Waals surface area (Å²) in [7, 11) is 0. The SMILES string of the molecule is CC(C)CN(C(=O)C1CCCC(C)N1)C1CCCC1. The van der Waals surface area contributed by atoms with Crippen LogP contribution < -0.4 is 5.32 Å². The second kappa shape index (κ2) is 6.74. The first-order chi connectivity index (χ1) is 9.08. The minimum Gasteiger partial charge on any atom is -0.338 e. The molecule has 0 bridgehead atoms. The maximum absolute atomic E-state index is 12.8. The van der Waals surface area contributed by atoms with Crippen LogP contribution in [0.1, 0.15) is 65.7 Å². The van der Waals surface area contributed by atoms with Gasteiger partial charge in [0.25, 0.3) is 0 Å². The van der Waals surface area contributed by atoms with Crippen molar-refractivity contribution in [2.24, 2.45) is 5.92 Å². The molecule has 2 atom stereocenters. The number of nitrogens with zero attached hydrogens (tertiary/aromatic N) is 1. The van der Waals surface area contributed by atoms with E-state index in [1.165, 1.54) is 38.5 Å². The second-order valence-electron chi connectivity index (χ2n) is 6.87. The van der Waals surface area contributed by atoms with Crippen molar-refractivity contribution in [2.75, 3.05) is 6.54 Å². The Kier molecular flexibility index (Phi) is 5.26. The minimum absolute atomic E-state index is 0.0723. The molecule has 0 aromatic heterocycles. The Labute approximate surface area is 118 Å². The zero-order valence-electron chi connectivity index (χ0n) is 12.8. The number of nitrogens with one attached hydrogen (secondary N) is 1. The normalized spacial score (nSPS) is 28.8. The van der Waals surface area contributed by atoms with Crippen LogP contribution in [0.25, 0.3) is 0 Å². The summed E-state index contributed by atoms with van der Waals surface area (Å²) in [5, 5.41) is 3.50. The molecule has 0 radical (unpaired) electrons. The zero-order chi connectivity index (χ0) is 13.8. The molecule has 2 unspecified atom stereocenters. The predicted molar refractivity (Wildman–Crippen MR) is 79.0 cm³/mol. The van der Waals surface area contributed by atoms with Crippen LogP contribution in [0.5, 0.6) is 0 Å². The van der Waals surface area contributed by atoms with Crippen LogP contribution in [0.2, 0.25) is 0 Å². The van der Waals surface area contributed by atoms with Crippen molar-refractivity contribution in [3.05, 3.63) is 0 Å². The molecule has 110 valence electrons. The molecule has 3 nitrogen and oxygen atoms in total. The van der Waals surface area contributed by atoms with E-state index in [1.807, 2.05) is 0 Å². The Bertz CT molecular complexity index is 297. The van der Waals surface area contributed by atoms with Crippen molar-refractivity contribution in [1.82, 2.24) is 10.2 Å². The summed E-state index contributed by atoms with van der Waals surface area (Å²) in [5.41, 5.74) is 0. The van der Waals surface area contributed by atoms with Gasteiger partial charge in [0.2, 0.25) is 5.91 Å². The highest BCUT2D eigenvalue weighted by molar-refractivity contribution is 5.82. The highest BCUT2D eigenvalue weighted by atomic mass is 16.2. The second-order valence-corrected chi connectivity index (χ2v) is 6.87. The lowest BCUT2D eigenvalue weighted by atomic mass is 9.97. The van der Waals surface area contributed by atoms with E-state index in [0.29, 0.717) is 23.9 Å². The standard InChI is InChI=1S/C16H30N2O/c1-12(2)11-18(14-8-4-5-9-14)16(19)15-10-6-7-13(3)17-15/h12-15,17H,4-11H2,1-3H3. The number of hydrogen-bond acceptors (Lipinski definition) is 2. The van der Waals surface area contributed by atoms with Crippen molar-refractivity contribution in [3.8, 4) is 0 Å². The van der Waals surface area contributed by atoms with E-state index in [-0.39, 0.29) is 6.04 Å². The van der Waals surface area contributed by atoms with Gasteiger partial charge in [-0.05, 0) is 44.9 Å². The maximum atomic E-state index is 12.8. The lowest BCUT2D eigenvalue weighted by Gasteiger charge is -2.36. The smallest absolute Gasteiger partial charge is 0.239 e. The molecule has 1 heterocycles. The Balaban J connectivity index is 2.01. The average molecular weight is 266 g/mol. The number of piperidine rings is 1. The first-order valence-corrected chi connectivity index (χ1v) is 8.14. The topological polar surface area (TPSA) is 32.3 Å². The lowest BCUT2D eigenvalue weighted by molar-refractivity contribution is -0.137. The highest BCUT2D eigenvalue weighted by Gasteiger charge is 2.33. The number of carbonyl (C=O) groups excluding carboxylic acids is 1. The van der Waals surface area contributed by atoms with Gasteiger partial charge in [0.15, 0.2) is 0 Å². The van der Waals surface area contributed by atoms with Crippen molar-refractivity contribution >= 4 is 5.91 Å². The van der Waals surface area contributed by atoms with Gasteiger partial charge >= 0.3 is 0 Å². The number of hydrogen-bond donors (Lipinski definition) is 1. The molecule has 0 aromatic rings. The fourth-order valence-corrected chi connectivity index (χ4v) is 3.56. The van der Waals surface area contributed by atoms with E-state index < -0.39 is 0 Å². The summed E-state index contributed by atoms with van der Waals surface area (Å²) in [6, 6.07) is 1.07. The van der Waals surface area contributed by atoms with Crippen LogP contribution in [0.4, 0.5) is 0 Å². The summed E-state index contributed by atoms with van der Waals surface area (Å²) in [6.07, 6.45) is 8.41. The molecule has 1 amide bonds. The molecule has 0 aromatic carbocycles. The number of rotatable bonds is 4. The summed E-state index contributed by atoms with van der Waals surface area (Å²) in [4.78, 5) is 15.0. The van der Waals surface area contributed by atoms with Crippen molar-refractivity contribution in [3.63, 3.8) is 0 Å². The quantitative estimate of drug-likeness (QED) is 0.848. The Hall–Kier alpha value is -0.570. The molecule has 3 heteroatoms. The summed E-state index contributed by atoms with van der Waals surface area (Å²) in [6.45, 7) is 7.55. The molecular formula is C16H30N2O. The van der Waals surface area contributed by atoms with Gasteiger partial charge in [0.05, 0.1) is 6.04 Å². The van der Waals surface area contributed by atoms with Gasteiger partial charge in [0.1, 0.15) is 0 Å². The van der Waals surface area contributed by atoms with Gasteiger partial charge in [-0.25, -0.2) is 0 Å². The summed E-state index contributed by atoms with van der Waals surface area (Å²) >= 11 is 0. The van der Waals surface area contributed by atoms with Gasteiger partial charge < -0.3 is 10.2 Å². The number of carbonyl (C=O) groups is 1. The monoisotopic (exact) mass is 266 g/mol. The maximum Gasteiger partial charge on any atom is 0.239 e. The van der Waals surface area contributed by atoms with Gasteiger partial charge in [-0.2, -0.15) is 0 Å². The molecule has 1 N–H and O–H groups in total. The number of amides is 1. The van der Waals surface area contributed by atoms with Crippen molar-refractivity contribution in [1.29, 1.82) is 0 Å². The minimum atomic E-state index is 0.0723. The molecule has 1 aliphatic heterocycles. The molecule has 1 aliphatic carbocycles. The molecule has 2 rings (SSSR count). The van der Waals surface area contributed by atoms with Crippen molar-refractivity contribution < 1.29 is 4.79 Å². The van der Waals surface area contributed by atoms with E-state index in [4.69, 9.17) is 0 Å². The first-order valence-electron chi connectivity index (χ1n) is 8.14. The zero-order valence-corrected chi connectivity index (χ0v) is 12.8. The Morgan fingerprint density at radius 3 is 2.42 bits per heavy atom. The third kappa shape index (κ3) is 3.95. The molecule has 1 saturated heterocycles. The van der Waals surface area contributed by atoms with Crippen LogP contribution in [0, 0.1) is 5.92 Å². The molecule has 2 aliphatic rings. The highest BCUT2D eigenvalue weighted by Crippen LogP contribution is 2.26. The Morgan fingerprint density at radius 1 is 1.16 bits per heavy atom. The summed E-state index contributed by atoms with van der Waals surface area (Å²) < 4.78 is 0. The third-order valence-corrected chi connectivity index (χ3v) is 4.52. The van der Waals surface area contributed by atoms with Gasteiger partial charge in [-0.3, -0.25) is 4.79 Å². The van der Waals surface area contributed by atoms with Crippen LogP contribution in [0.3, 0.4) is 0 Å². The van der Waals surface area contributed by atoms with Crippen LogP contribution in [-0.2, 0) is 4.79 Å².